The van der Waals surface area contributed by atoms with Gasteiger partial charge in [-0.25, -0.2) is 0 Å². The molecule has 2 aromatic rings. The maximum Gasteiger partial charge on any atom is 0.239 e. The summed E-state index contributed by atoms with van der Waals surface area (Å²) in [6, 6.07) is 18.0. The summed E-state index contributed by atoms with van der Waals surface area (Å²) < 4.78 is 0. The highest BCUT2D eigenvalue weighted by Crippen LogP contribution is 2.23. The molecule has 0 aliphatic carbocycles. The van der Waals surface area contributed by atoms with Crippen LogP contribution in [-0.2, 0) is 11.2 Å². The highest BCUT2D eigenvalue weighted by molar-refractivity contribution is 8.15. The third-order valence-electron chi connectivity index (χ3n) is 3.81. The molecule has 2 aromatic carbocycles. The predicted molar refractivity (Wildman–Crippen MR) is 105 cm³/mol. The SMILES string of the molecule is CN(C)c1ccc(/C=N\N=C2\NC(=O)[C@@H](Cc3ccccc3)S2)cc1. The minimum absolute atomic E-state index is 0.0156. The van der Waals surface area contributed by atoms with Crippen LogP contribution >= 0.6 is 11.8 Å². The molecule has 0 bridgehead atoms. The highest BCUT2D eigenvalue weighted by Gasteiger charge is 2.30. The van der Waals surface area contributed by atoms with Gasteiger partial charge in [0.25, 0.3) is 0 Å². The minimum atomic E-state index is -0.157. The Hall–Kier alpha value is -2.60. The molecule has 1 atom stereocenters. The molecular formula is C19H20N4OS. The van der Waals surface area contributed by atoms with Crippen LogP contribution in [0.15, 0.2) is 64.8 Å². The number of amidine groups is 1. The second-order valence-electron chi connectivity index (χ2n) is 5.92. The summed E-state index contributed by atoms with van der Waals surface area (Å²) in [5.41, 5.74) is 3.23. The lowest BCUT2D eigenvalue weighted by atomic mass is 10.1. The van der Waals surface area contributed by atoms with Crippen molar-refractivity contribution in [2.45, 2.75) is 11.7 Å². The van der Waals surface area contributed by atoms with Crippen molar-refractivity contribution >= 4 is 34.7 Å². The molecule has 0 unspecified atom stereocenters. The Labute approximate surface area is 151 Å². The molecule has 1 fully saturated rings. The van der Waals surface area contributed by atoms with Crippen LogP contribution in [0.25, 0.3) is 0 Å². The first-order chi connectivity index (χ1) is 12.1. The molecule has 128 valence electrons. The van der Waals surface area contributed by atoms with Crippen LogP contribution in [0.2, 0.25) is 0 Å². The molecule has 1 saturated heterocycles. The number of hydrogen-bond donors (Lipinski definition) is 1. The van der Waals surface area contributed by atoms with Gasteiger partial charge in [-0.2, -0.15) is 5.10 Å². The predicted octanol–water partition coefficient (Wildman–Crippen LogP) is 2.92. The van der Waals surface area contributed by atoms with E-state index in [1.54, 1.807) is 6.21 Å². The fourth-order valence-electron chi connectivity index (χ4n) is 2.42. The van der Waals surface area contributed by atoms with E-state index >= 15 is 0 Å². The number of benzene rings is 2. The topological polar surface area (TPSA) is 57.1 Å². The fraction of sp³-hybridized carbons (Fsp3) is 0.211. The number of amides is 1. The molecule has 25 heavy (non-hydrogen) atoms. The highest BCUT2D eigenvalue weighted by atomic mass is 32.2. The Balaban J connectivity index is 1.59. The van der Waals surface area contributed by atoms with E-state index in [4.69, 9.17) is 0 Å². The van der Waals surface area contributed by atoms with Crippen LogP contribution in [0, 0.1) is 0 Å². The molecule has 0 spiro atoms. The van der Waals surface area contributed by atoms with Gasteiger partial charge in [0.1, 0.15) is 0 Å². The molecule has 1 aliphatic rings. The number of nitrogens with one attached hydrogen (secondary N) is 1. The summed E-state index contributed by atoms with van der Waals surface area (Å²) in [6.45, 7) is 0. The lowest BCUT2D eigenvalue weighted by molar-refractivity contribution is -0.118. The first-order valence-electron chi connectivity index (χ1n) is 8.01. The number of hydrogen-bond acceptors (Lipinski definition) is 5. The van der Waals surface area contributed by atoms with Crippen molar-refractivity contribution < 1.29 is 4.79 Å². The summed E-state index contributed by atoms with van der Waals surface area (Å²) in [5, 5.41) is 11.4. The normalized spacial score (nSPS) is 18.7. The zero-order chi connectivity index (χ0) is 17.6. The van der Waals surface area contributed by atoms with Crippen molar-refractivity contribution in [2.75, 3.05) is 19.0 Å². The van der Waals surface area contributed by atoms with Crippen LogP contribution in [0.1, 0.15) is 11.1 Å². The zero-order valence-corrected chi connectivity index (χ0v) is 15.0. The number of thioether (sulfide) groups is 1. The number of carbonyl (C=O) groups excluding carboxylic acids is 1. The van der Waals surface area contributed by atoms with Gasteiger partial charge in [-0.05, 0) is 29.7 Å². The lowest BCUT2D eigenvalue weighted by Gasteiger charge is -2.11. The Morgan fingerprint density at radius 1 is 1.12 bits per heavy atom. The van der Waals surface area contributed by atoms with Gasteiger partial charge in [0, 0.05) is 19.8 Å². The minimum Gasteiger partial charge on any atom is -0.378 e. The first kappa shape index (κ1) is 17.2. The summed E-state index contributed by atoms with van der Waals surface area (Å²) in [6.07, 6.45) is 2.37. The summed E-state index contributed by atoms with van der Waals surface area (Å²) >= 11 is 1.42. The van der Waals surface area contributed by atoms with Gasteiger partial charge in [0.2, 0.25) is 5.91 Å². The third-order valence-corrected chi connectivity index (χ3v) is 4.88. The fourth-order valence-corrected chi connectivity index (χ4v) is 3.39. The maximum atomic E-state index is 12.1. The van der Waals surface area contributed by atoms with Gasteiger partial charge >= 0.3 is 0 Å². The molecule has 1 heterocycles. The average Bonchev–Trinajstić information content (AvgIpc) is 2.96. The summed E-state index contributed by atoms with van der Waals surface area (Å²) in [4.78, 5) is 14.1. The molecule has 0 saturated carbocycles. The number of carbonyl (C=O) groups is 1. The van der Waals surface area contributed by atoms with Gasteiger partial charge in [0.15, 0.2) is 5.17 Å². The van der Waals surface area contributed by atoms with Crippen LogP contribution in [0.5, 0.6) is 0 Å². The quantitative estimate of drug-likeness (QED) is 0.665. The molecule has 6 heteroatoms. The second kappa shape index (κ2) is 7.98. The molecule has 5 nitrogen and oxygen atoms in total. The standard InChI is InChI=1S/C19H20N4OS/c1-23(2)16-10-8-15(9-11-16)13-20-22-19-21-18(24)17(25-19)12-14-6-4-3-5-7-14/h3-11,13,17H,12H2,1-2H3,(H,21,22,24)/b20-13-/t17-/m1/s1. The zero-order valence-electron chi connectivity index (χ0n) is 14.2. The number of rotatable bonds is 5. The molecule has 3 rings (SSSR count). The van der Waals surface area contributed by atoms with E-state index in [1.807, 2.05) is 73.6 Å². The number of nitrogens with zero attached hydrogens (tertiary/aromatic N) is 3. The van der Waals surface area contributed by atoms with E-state index in [9.17, 15) is 4.79 Å². The van der Waals surface area contributed by atoms with Crippen LogP contribution in [0.3, 0.4) is 0 Å². The Morgan fingerprint density at radius 2 is 1.84 bits per heavy atom. The van der Waals surface area contributed by atoms with Crippen molar-refractivity contribution in [1.29, 1.82) is 0 Å². The van der Waals surface area contributed by atoms with Crippen molar-refractivity contribution in [2.24, 2.45) is 10.2 Å². The van der Waals surface area contributed by atoms with Gasteiger partial charge < -0.3 is 10.2 Å². The summed E-state index contributed by atoms with van der Waals surface area (Å²) in [5.74, 6) is -0.0156. The monoisotopic (exact) mass is 352 g/mol. The number of anilines is 1. The largest absolute Gasteiger partial charge is 0.378 e. The van der Waals surface area contributed by atoms with E-state index < -0.39 is 0 Å². The molecule has 0 radical (unpaired) electrons. The Morgan fingerprint density at radius 3 is 2.52 bits per heavy atom. The molecule has 1 aliphatic heterocycles. The third kappa shape index (κ3) is 4.70. The van der Waals surface area contributed by atoms with Gasteiger partial charge in [0.05, 0.1) is 11.5 Å². The lowest BCUT2D eigenvalue weighted by Crippen LogP contribution is -2.25. The van der Waals surface area contributed by atoms with Crippen LogP contribution in [-0.4, -0.2) is 36.6 Å². The van der Waals surface area contributed by atoms with E-state index in [0.29, 0.717) is 11.6 Å². The first-order valence-corrected chi connectivity index (χ1v) is 8.89. The molecule has 0 aromatic heterocycles. The van der Waals surface area contributed by atoms with Gasteiger partial charge in [-0.15, -0.1) is 5.10 Å². The van der Waals surface area contributed by atoms with Crippen LogP contribution < -0.4 is 10.2 Å². The molecule has 1 N–H and O–H groups in total. The van der Waals surface area contributed by atoms with Crippen molar-refractivity contribution in [3.8, 4) is 0 Å². The Kier molecular flexibility index (Phi) is 5.50. The van der Waals surface area contributed by atoms with E-state index in [-0.39, 0.29) is 11.2 Å². The van der Waals surface area contributed by atoms with E-state index in [0.717, 1.165) is 16.8 Å². The molecule has 1 amide bonds. The second-order valence-corrected chi connectivity index (χ2v) is 7.11. The summed E-state index contributed by atoms with van der Waals surface area (Å²) in [7, 11) is 4.00. The van der Waals surface area contributed by atoms with E-state index in [1.165, 1.54) is 11.8 Å². The van der Waals surface area contributed by atoms with Gasteiger partial charge in [-0.1, -0.05) is 54.2 Å². The molecular weight excluding hydrogens is 332 g/mol. The van der Waals surface area contributed by atoms with Crippen molar-refractivity contribution in [1.82, 2.24) is 5.32 Å². The smallest absolute Gasteiger partial charge is 0.239 e. The average molecular weight is 352 g/mol. The van der Waals surface area contributed by atoms with E-state index in [2.05, 4.69) is 15.5 Å². The van der Waals surface area contributed by atoms with Crippen molar-refractivity contribution in [3.05, 3.63) is 65.7 Å². The van der Waals surface area contributed by atoms with Crippen LogP contribution in [0.4, 0.5) is 5.69 Å². The van der Waals surface area contributed by atoms with Crippen molar-refractivity contribution in [3.63, 3.8) is 0 Å². The van der Waals surface area contributed by atoms with Gasteiger partial charge in [-0.3, -0.25) is 4.79 Å². The maximum absolute atomic E-state index is 12.1. The Bertz CT molecular complexity index is 785.